The second-order valence-corrected chi connectivity index (χ2v) is 4.10. The van der Waals surface area contributed by atoms with Crippen LogP contribution in [0.4, 0.5) is 0 Å². The van der Waals surface area contributed by atoms with E-state index in [1.165, 1.54) is 4.90 Å². The fraction of sp³-hybridized carbons (Fsp3) is 0.400. The van der Waals surface area contributed by atoms with Crippen molar-refractivity contribution in [3.05, 3.63) is 29.8 Å². The Morgan fingerprint density at radius 3 is 2.46 bits per heavy atom. The van der Waals surface area contributed by atoms with Crippen LogP contribution in [0.25, 0.3) is 0 Å². The van der Waals surface area contributed by atoms with E-state index in [0.717, 1.165) is 11.3 Å². The Morgan fingerprint density at radius 2 is 2.00 bits per heavy atom. The van der Waals surface area contributed by atoms with Crippen molar-refractivity contribution >= 4 is 11.8 Å². The lowest BCUT2D eigenvalue weighted by Gasteiger charge is -2.06. The molecule has 0 unspecified atom stereocenters. The summed E-state index contributed by atoms with van der Waals surface area (Å²) in [6, 6.07) is 8.24. The summed E-state index contributed by atoms with van der Waals surface area (Å²) in [4.78, 5) is 1.18. The lowest BCUT2D eigenvalue weighted by molar-refractivity contribution is 0.322. The van der Waals surface area contributed by atoms with E-state index in [0.29, 0.717) is 0 Å². The summed E-state index contributed by atoms with van der Waals surface area (Å²) < 4.78 is 0. The number of benzene rings is 1. The topological polar surface area (TPSA) is 46.2 Å². The third-order valence-corrected chi connectivity index (χ3v) is 2.76. The highest BCUT2D eigenvalue weighted by molar-refractivity contribution is 7.99. The molecule has 0 amide bonds. The van der Waals surface area contributed by atoms with E-state index in [2.05, 4.69) is 0 Å². The van der Waals surface area contributed by atoms with Gasteiger partial charge in [-0.3, -0.25) is 0 Å². The van der Waals surface area contributed by atoms with Crippen LogP contribution in [0.15, 0.2) is 29.2 Å². The summed E-state index contributed by atoms with van der Waals surface area (Å²) in [5, 5.41) is 8.63. The fourth-order valence-corrected chi connectivity index (χ4v) is 1.69. The van der Waals surface area contributed by atoms with Gasteiger partial charge in [0.1, 0.15) is 0 Å². The van der Waals surface area contributed by atoms with E-state index < -0.39 is 0 Å². The maximum atomic E-state index is 8.63. The second-order valence-electron chi connectivity index (χ2n) is 2.93. The van der Waals surface area contributed by atoms with Crippen LogP contribution in [0.2, 0.25) is 0 Å². The Bertz CT molecular complexity index is 246. The standard InChI is InChI=1S/C10H15NOS/c1-8(11)9-2-4-10(5-3-9)13-7-6-12/h2-5,8,12H,6-7,11H2,1H3/t8-/m1/s1. The molecule has 3 N–H and O–H groups in total. The molecule has 0 radical (unpaired) electrons. The molecule has 1 aromatic carbocycles. The third-order valence-electron chi connectivity index (χ3n) is 1.77. The molecule has 0 spiro atoms. The van der Waals surface area contributed by atoms with E-state index in [1.54, 1.807) is 11.8 Å². The summed E-state index contributed by atoms with van der Waals surface area (Å²) in [6.45, 7) is 2.19. The molecular formula is C10H15NOS. The van der Waals surface area contributed by atoms with Gasteiger partial charge in [0.05, 0.1) is 6.61 Å². The van der Waals surface area contributed by atoms with Crippen molar-refractivity contribution in [3.63, 3.8) is 0 Å². The van der Waals surface area contributed by atoms with Gasteiger partial charge in [-0.25, -0.2) is 0 Å². The maximum absolute atomic E-state index is 8.63. The number of rotatable bonds is 4. The van der Waals surface area contributed by atoms with Gasteiger partial charge < -0.3 is 10.8 Å². The first kappa shape index (κ1) is 10.6. The molecule has 0 aliphatic rings. The number of aliphatic hydroxyl groups is 1. The van der Waals surface area contributed by atoms with Crippen LogP contribution in [-0.4, -0.2) is 17.5 Å². The molecule has 2 nitrogen and oxygen atoms in total. The van der Waals surface area contributed by atoms with Gasteiger partial charge in [0.25, 0.3) is 0 Å². The predicted molar refractivity (Wildman–Crippen MR) is 56.9 cm³/mol. The van der Waals surface area contributed by atoms with Crippen LogP contribution in [0.1, 0.15) is 18.5 Å². The van der Waals surface area contributed by atoms with Crippen LogP contribution < -0.4 is 5.73 Å². The molecule has 13 heavy (non-hydrogen) atoms. The Balaban J connectivity index is 2.59. The van der Waals surface area contributed by atoms with Crippen LogP contribution in [-0.2, 0) is 0 Å². The Morgan fingerprint density at radius 1 is 1.38 bits per heavy atom. The highest BCUT2D eigenvalue weighted by atomic mass is 32.2. The summed E-state index contributed by atoms with van der Waals surface area (Å²) in [7, 11) is 0. The molecule has 1 rings (SSSR count). The Labute approximate surface area is 83.1 Å². The quantitative estimate of drug-likeness (QED) is 0.723. The molecule has 0 fully saturated rings. The van der Waals surface area contributed by atoms with Gasteiger partial charge in [-0.15, -0.1) is 11.8 Å². The van der Waals surface area contributed by atoms with Crippen molar-refractivity contribution in [2.75, 3.05) is 12.4 Å². The molecule has 0 saturated heterocycles. The Hall–Kier alpha value is -0.510. The minimum Gasteiger partial charge on any atom is -0.396 e. The molecule has 1 atom stereocenters. The number of hydrogen-bond acceptors (Lipinski definition) is 3. The first-order chi connectivity index (χ1) is 6.24. The molecule has 0 aromatic heterocycles. The molecule has 0 aliphatic carbocycles. The van der Waals surface area contributed by atoms with Gasteiger partial charge in [0.2, 0.25) is 0 Å². The van der Waals surface area contributed by atoms with Crippen molar-refractivity contribution in [3.8, 4) is 0 Å². The smallest absolute Gasteiger partial charge is 0.0525 e. The van der Waals surface area contributed by atoms with Gasteiger partial charge >= 0.3 is 0 Å². The first-order valence-electron chi connectivity index (χ1n) is 4.33. The van der Waals surface area contributed by atoms with Gasteiger partial charge in [0.15, 0.2) is 0 Å². The van der Waals surface area contributed by atoms with Crippen LogP contribution in [0, 0.1) is 0 Å². The largest absolute Gasteiger partial charge is 0.396 e. The lowest BCUT2D eigenvalue weighted by Crippen LogP contribution is -2.04. The summed E-state index contributed by atoms with van der Waals surface area (Å²) >= 11 is 1.65. The number of hydrogen-bond donors (Lipinski definition) is 2. The molecule has 0 heterocycles. The number of nitrogens with two attached hydrogens (primary N) is 1. The molecule has 72 valence electrons. The van der Waals surface area contributed by atoms with E-state index in [9.17, 15) is 0 Å². The van der Waals surface area contributed by atoms with Crippen molar-refractivity contribution in [1.82, 2.24) is 0 Å². The fourth-order valence-electron chi connectivity index (χ4n) is 1.03. The van der Waals surface area contributed by atoms with Gasteiger partial charge in [-0.05, 0) is 24.6 Å². The maximum Gasteiger partial charge on any atom is 0.0525 e. The summed E-state index contributed by atoms with van der Waals surface area (Å²) in [5.41, 5.74) is 6.86. The van der Waals surface area contributed by atoms with E-state index in [1.807, 2.05) is 31.2 Å². The van der Waals surface area contributed by atoms with E-state index in [4.69, 9.17) is 10.8 Å². The highest BCUT2D eigenvalue weighted by Crippen LogP contribution is 2.19. The zero-order valence-electron chi connectivity index (χ0n) is 7.73. The molecule has 1 aromatic rings. The average Bonchev–Trinajstić information content (AvgIpc) is 2.15. The van der Waals surface area contributed by atoms with Crippen molar-refractivity contribution in [2.45, 2.75) is 17.9 Å². The van der Waals surface area contributed by atoms with Gasteiger partial charge in [-0.2, -0.15) is 0 Å². The van der Waals surface area contributed by atoms with E-state index >= 15 is 0 Å². The highest BCUT2D eigenvalue weighted by Gasteiger charge is 1.98. The summed E-state index contributed by atoms with van der Waals surface area (Å²) in [5.74, 6) is 0.748. The molecular weight excluding hydrogens is 182 g/mol. The first-order valence-corrected chi connectivity index (χ1v) is 5.32. The normalized spacial score (nSPS) is 12.8. The van der Waals surface area contributed by atoms with Crippen molar-refractivity contribution < 1.29 is 5.11 Å². The molecule has 0 aliphatic heterocycles. The number of thioether (sulfide) groups is 1. The van der Waals surface area contributed by atoms with Gasteiger partial charge in [-0.1, -0.05) is 12.1 Å². The Kier molecular flexibility index (Phi) is 4.28. The minimum atomic E-state index is 0.0943. The lowest BCUT2D eigenvalue weighted by atomic mass is 10.1. The summed E-state index contributed by atoms with van der Waals surface area (Å²) in [6.07, 6.45) is 0. The van der Waals surface area contributed by atoms with Crippen molar-refractivity contribution in [1.29, 1.82) is 0 Å². The molecule has 3 heteroatoms. The van der Waals surface area contributed by atoms with Crippen molar-refractivity contribution in [2.24, 2.45) is 5.73 Å². The van der Waals surface area contributed by atoms with Crippen LogP contribution >= 0.6 is 11.8 Å². The average molecular weight is 197 g/mol. The SMILES string of the molecule is C[C@@H](N)c1ccc(SCCO)cc1. The molecule has 0 saturated carbocycles. The van der Waals surface area contributed by atoms with Gasteiger partial charge in [0, 0.05) is 16.7 Å². The van der Waals surface area contributed by atoms with Crippen LogP contribution in [0.3, 0.4) is 0 Å². The van der Waals surface area contributed by atoms with Crippen LogP contribution in [0.5, 0.6) is 0 Å². The monoisotopic (exact) mass is 197 g/mol. The third kappa shape index (κ3) is 3.38. The minimum absolute atomic E-state index is 0.0943. The number of aliphatic hydroxyl groups excluding tert-OH is 1. The second kappa shape index (κ2) is 5.27. The zero-order valence-corrected chi connectivity index (χ0v) is 8.55. The molecule has 0 bridgehead atoms. The van der Waals surface area contributed by atoms with E-state index in [-0.39, 0.29) is 12.6 Å². The zero-order chi connectivity index (χ0) is 9.68. The predicted octanol–water partition coefficient (Wildman–Crippen LogP) is 1.79.